The van der Waals surface area contributed by atoms with Gasteiger partial charge in [-0.05, 0) is 62.5 Å². The van der Waals surface area contributed by atoms with E-state index in [-0.39, 0.29) is 43.9 Å². The van der Waals surface area contributed by atoms with Gasteiger partial charge in [0.15, 0.2) is 6.10 Å². The molecule has 52 heavy (non-hydrogen) atoms. The largest absolute Gasteiger partial charge is 0.480 e. The molecular weight excluding hydrogens is 677 g/mol. The van der Waals surface area contributed by atoms with E-state index in [9.17, 15) is 38.6 Å². The number of benzene rings is 1. The minimum atomic E-state index is -1.43. The van der Waals surface area contributed by atoms with Crippen LogP contribution in [0.5, 0.6) is 0 Å². The number of aliphatic carboxylic acids is 1. The molecular formula is C37H54FN5O9. The zero-order chi connectivity index (χ0) is 37.0. The molecule has 15 heteroatoms. The fourth-order valence-corrected chi connectivity index (χ4v) is 7.45. The monoisotopic (exact) mass is 731 g/mol. The number of amides is 4. The van der Waals surface area contributed by atoms with Crippen LogP contribution in [0.2, 0.25) is 0 Å². The molecule has 5 rings (SSSR count). The molecule has 3 fully saturated rings. The Morgan fingerprint density at radius 2 is 1.67 bits per heavy atom. The van der Waals surface area contributed by atoms with E-state index >= 15 is 0 Å². The van der Waals surface area contributed by atoms with Gasteiger partial charge in [0.05, 0.1) is 18.6 Å². The van der Waals surface area contributed by atoms with Crippen molar-refractivity contribution >= 4 is 30.0 Å². The summed E-state index contributed by atoms with van der Waals surface area (Å²) >= 11 is 0. The number of rotatable bonds is 18. The third kappa shape index (κ3) is 11.3. The maximum absolute atomic E-state index is 14.1. The minimum Gasteiger partial charge on any atom is -0.480 e. The Labute approximate surface area is 303 Å². The minimum absolute atomic E-state index is 0.126. The molecule has 0 spiro atoms. The Hall–Kier alpha value is -3.98. The SMILES string of the molecule is O=C(N[C@@H](CCCCCCCNC(=O)C(O)C(CC1CCC1)NC(=O)[C@@H]1C[C@@H](OC(=O)N2Cc3cccc(F)c3C2)CN1)C(=O)O)OC1CCCC1. The number of aliphatic hydroxyl groups is 1. The van der Waals surface area contributed by atoms with Gasteiger partial charge in [0.1, 0.15) is 24.1 Å². The number of fused-ring (bicyclic) bond motifs is 1. The Balaban J connectivity index is 0.971. The second-order valence-electron chi connectivity index (χ2n) is 14.7. The van der Waals surface area contributed by atoms with Gasteiger partial charge >= 0.3 is 18.2 Å². The molecule has 0 bridgehead atoms. The maximum atomic E-state index is 14.1. The number of nitrogens with one attached hydrogen (secondary N) is 4. The standard InChI is InChI=1S/C37H54FN5O9/c38-28-15-9-12-24-21-43(22-27(24)28)37(50)52-26-19-31(40-20-26)33(45)41-30(18-23-10-8-11-23)32(44)34(46)39-17-7-3-1-2-4-16-29(35(47)48)42-36(49)51-25-13-5-6-14-25/h9,12,15,23,25-26,29-32,40,44H,1-8,10-11,13-14,16-22H2,(H,39,46)(H,41,45)(H,42,49)(H,47,48)/t26-,29+,30?,31+,32?/m1/s1. The molecule has 2 aliphatic heterocycles. The number of carboxylic acids is 1. The summed E-state index contributed by atoms with van der Waals surface area (Å²) in [5, 5.41) is 31.7. The van der Waals surface area contributed by atoms with Crippen molar-refractivity contribution in [2.45, 2.75) is 146 Å². The van der Waals surface area contributed by atoms with E-state index in [0.29, 0.717) is 43.7 Å². The van der Waals surface area contributed by atoms with E-state index in [2.05, 4.69) is 21.3 Å². The van der Waals surface area contributed by atoms with Crippen LogP contribution in [0.25, 0.3) is 0 Å². The lowest BCUT2D eigenvalue weighted by atomic mass is 9.79. The van der Waals surface area contributed by atoms with Crippen LogP contribution in [0.3, 0.4) is 0 Å². The number of alkyl carbamates (subject to hydrolysis) is 1. The third-order valence-electron chi connectivity index (χ3n) is 10.8. The summed E-state index contributed by atoms with van der Waals surface area (Å²) in [4.78, 5) is 64.1. The number of carbonyl (C=O) groups is 5. The summed E-state index contributed by atoms with van der Waals surface area (Å²) in [6, 6.07) is 2.31. The van der Waals surface area contributed by atoms with Crippen molar-refractivity contribution in [3.8, 4) is 0 Å². The number of aliphatic hydroxyl groups excluding tert-OH is 1. The molecule has 2 saturated carbocycles. The van der Waals surface area contributed by atoms with E-state index in [1.54, 1.807) is 12.1 Å². The Morgan fingerprint density at radius 1 is 0.923 bits per heavy atom. The molecule has 1 aromatic rings. The summed E-state index contributed by atoms with van der Waals surface area (Å²) in [7, 11) is 0. The van der Waals surface area contributed by atoms with Crippen molar-refractivity contribution in [2.75, 3.05) is 13.1 Å². The molecule has 2 heterocycles. The van der Waals surface area contributed by atoms with Gasteiger partial charge in [0, 0.05) is 31.6 Å². The fraction of sp³-hybridized carbons (Fsp3) is 0.703. The van der Waals surface area contributed by atoms with E-state index in [1.807, 2.05) is 0 Å². The van der Waals surface area contributed by atoms with E-state index in [4.69, 9.17) is 9.47 Å². The van der Waals surface area contributed by atoms with Crippen LogP contribution in [0, 0.1) is 11.7 Å². The average Bonchev–Trinajstić information content (AvgIpc) is 3.88. The highest BCUT2D eigenvalue weighted by atomic mass is 19.1. The van der Waals surface area contributed by atoms with Crippen LogP contribution < -0.4 is 21.3 Å². The van der Waals surface area contributed by atoms with Crippen molar-refractivity contribution in [2.24, 2.45) is 5.92 Å². The third-order valence-corrected chi connectivity index (χ3v) is 10.8. The molecule has 6 N–H and O–H groups in total. The summed E-state index contributed by atoms with van der Waals surface area (Å²) in [5.74, 6) is -2.08. The zero-order valence-electron chi connectivity index (χ0n) is 29.8. The molecule has 0 aromatic heterocycles. The predicted octanol–water partition coefficient (Wildman–Crippen LogP) is 3.62. The maximum Gasteiger partial charge on any atom is 0.410 e. The highest BCUT2D eigenvalue weighted by molar-refractivity contribution is 5.85. The summed E-state index contributed by atoms with van der Waals surface area (Å²) in [6.07, 6.45) is 7.90. The van der Waals surface area contributed by atoms with Crippen LogP contribution in [-0.4, -0.2) is 94.6 Å². The van der Waals surface area contributed by atoms with Gasteiger partial charge in [-0.1, -0.05) is 57.1 Å². The van der Waals surface area contributed by atoms with Gasteiger partial charge < -0.3 is 41.0 Å². The first-order valence-corrected chi connectivity index (χ1v) is 19.0. The van der Waals surface area contributed by atoms with Crippen molar-refractivity contribution < 1.29 is 48.0 Å². The molecule has 1 aromatic carbocycles. The number of unbranched alkanes of at least 4 members (excludes halogenated alkanes) is 4. The molecule has 5 atom stereocenters. The van der Waals surface area contributed by atoms with Crippen LogP contribution in [0.15, 0.2) is 18.2 Å². The molecule has 4 aliphatic rings. The Kier molecular flexibility index (Phi) is 14.5. The number of hydrogen-bond donors (Lipinski definition) is 6. The molecule has 1 saturated heterocycles. The highest BCUT2D eigenvalue weighted by Gasteiger charge is 2.38. The first-order valence-electron chi connectivity index (χ1n) is 19.0. The van der Waals surface area contributed by atoms with Gasteiger partial charge in [-0.3, -0.25) is 14.5 Å². The van der Waals surface area contributed by atoms with E-state index in [0.717, 1.165) is 69.8 Å². The van der Waals surface area contributed by atoms with Gasteiger partial charge in [-0.25, -0.2) is 18.8 Å². The topological polar surface area (TPSA) is 196 Å². The van der Waals surface area contributed by atoms with Crippen molar-refractivity contribution in [1.29, 1.82) is 0 Å². The van der Waals surface area contributed by atoms with Gasteiger partial charge in [0.2, 0.25) is 5.91 Å². The Morgan fingerprint density at radius 3 is 2.38 bits per heavy atom. The molecule has 14 nitrogen and oxygen atoms in total. The number of nitrogens with zero attached hydrogens (tertiary/aromatic N) is 1. The summed E-state index contributed by atoms with van der Waals surface area (Å²) < 4.78 is 25.1. The number of carbonyl (C=O) groups excluding carboxylic acids is 4. The molecule has 4 amide bonds. The summed E-state index contributed by atoms with van der Waals surface area (Å²) in [5.41, 5.74) is 1.22. The normalized spacial score (nSPS) is 21.8. The highest BCUT2D eigenvalue weighted by Crippen LogP contribution is 2.31. The summed E-state index contributed by atoms with van der Waals surface area (Å²) in [6.45, 7) is 0.994. The number of ether oxygens (including phenoxy) is 2. The molecule has 0 radical (unpaired) electrons. The number of carboxylic acid groups (broad SMARTS) is 1. The zero-order valence-corrected chi connectivity index (χ0v) is 29.8. The Bertz CT molecular complexity index is 1410. The van der Waals surface area contributed by atoms with Gasteiger partial charge in [0.25, 0.3) is 5.91 Å². The van der Waals surface area contributed by atoms with Crippen LogP contribution in [-0.2, 0) is 36.9 Å². The number of hydrogen-bond acceptors (Lipinski definition) is 9. The van der Waals surface area contributed by atoms with E-state index < -0.39 is 54.4 Å². The first-order chi connectivity index (χ1) is 25.1. The van der Waals surface area contributed by atoms with Crippen molar-refractivity contribution in [3.63, 3.8) is 0 Å². The van der Waals surface area contributed by atoms with E-state index in [1.165, 1.54) is 11.0 Å². The van der Waals surface area contributed by atoms with Crippen LogP contribution in [0.1, 0.15) is 107 Å². The van der Waals surface area contributed by atoms with Crippen LogP contribution >= 0.6 is 0 Å². The first kappa shape index (κ1) is 39.2. The second-order valence-corrected chi connectivity index (χ2v) is 14.7. The van der Waals surface area contributed by atoms with Crippen LogP contribution in [0.4, 0.5) is 14.0 Å². The van der Waals surface area contributed by atoms with Crippen molar-refractivity contribution in [3.05, 3.63) is 35.1 Å². The molecule has 288 valence electrons. The average molecular weight is 732 g/mol. The lowest BCUT2D eigenvalue weighted by Crippen LogP contribution is -2.54. The fourth-order valence-electron chi connectivity index (χ4n) is 7.45. The number of halogens is 1. The van der Waals surface area contributed by atoms with Gasteiger partial charge in [-0.2, -0.15) is 0 Å². The molecule has 2 aliphatic carbocycles. The quantitative estimate of drug-likeness (QED) is 0.121. The second kappa shape index (κ2) is 19.2. The predicted molar refractivity (Wildman–Crippen MR) is 186 cm³/mol. The van der Waals surface area contributed by atoms with Gasteiger partial charge in [-0.15, -0.1) is 0 Å². The lowest BCUT2D eigenvalue weighted by molar-refractivity contribution is -0.139. The smallest absolute Gasteiger partial charge is 0.410 e. The lowest BCUT2D eigenvalue weighted by Gasteiger charge is -2.32. The molecule has 2 unspecified atom stereocenters. The van der Waals surface area contributed by atoms with Crippen molar-refractivity contribution in [1.82, 2.24) is 26.2 Å².